The monoisotopic (exact) mass is 268 g/mol. The molecule has 0 saturated heterocycles. The van der Waals surface area contributed by atoms with Crippen molar-refractivity contribution in [2.45, 2.75) is 44.6 Å². The van der Waals surface area contributed by atoms with Crippen molar-refractivity contribution in [3.63, 3.8) is 0 Å². The van der Waals surface area contributed by atoms with Crippen LogP contribution in [0.4, 0.5) is 8.78 Å². The largest absolute Gasteiger partial charge is 0.370 e. The first-order valence-electron chi connectivity index (χ1n) is 6.77. The Balaban J connectivity index is 1.93. The van der Waals surface area contributed by atoms with Gasteiger partial charge in [0.25, 0.3) is 0 Å². The zero-order valence-electron chi connectivity index (χ0n) is 10.8. The molecule has 1 aliphatic carbocycles. The van der Waals surface area contributed by atoms with Crippen molar-refractivity contribution in [3.8, 4) is 0 Å². The van der Waals surface area contributed by atoms with Crippen molar-refractivity contribution in [3.05, 3.63) is 35.4 Å². The smallest absolute Gasteiger partial charge is 0.194 e. The Kier molecular flexibility index (Phi) is 5.02. The summed E-state index contributed by atoms with van der Waals surface area (Å²) in [5.41, 5.74) is -0.490. The molecular weight excluding hydrogens is 250 g/mol. The van der Waals surface area contributed by atoms with Crippen molar-refractivity contribution >= 4 is 5.78 Å². The van der Waals surface area contributed by atoms with E-state index in [1.807, 2.05) is 0 Å². The molecule has 0 spiro atoms. The first kappa shape index (κ1) is 14.1. The van der Waals surface area contributed by atoms with Crippen LogP contribution in [0, 0.1) is 11.6 Å². The molecule has 0 aliphatic heterocycles. The summed E-state index contributed by atoms with van der Waals surface area (Å²) in [5.74, 6) is -2.27. The minimum Gasteiger partial charge on any atom is -0.370 e. The number of carbonyl (C=O) groups excluding carboxylic acids is 1. The van der Waals surface area contributed by atoms with Crippen LogP contribution in [0.1, 0.15) is 48.9 Å². The Morgan fingerprint density at radius 2 is 1.68 bits per heavy atom. The SMILES string of the molecule is O=C(COC1CCCCCC1)c1c(F)cccc1F. The van der Waals surface area contributed by atoms with Gasteiger partial charge < -0.3 is 4.74 Å². The Morgan fingerprint density at radius 1 is 1.11 bits per heavy atom. The number of Topliss-reactive ketones (excluding diaryl/α,β-unsaturated/α-hetero) is 1. The van der Waals surface area contributed by atoms with Crippen LogP contribution in [-0.2, 0) is 4.74 Å². The van der Waals surface area contributed by atoms with E-state index in [0.717, 1.165) is 37.8 Å². The summed E-state index contributed by atoms with van der Waals surface area (Å²) in [5, 5.41) is 0. The molecular formula is C15H18F2O2. The Bertz CT molecular complexity index is 418. The quantitative estimate of drug-likeness (QED) is 0.611. The molecule has 0 radical (unpaired) electrons. The molecule has 1 aromatic rings. The highest BCUT2D eigenvalue weighted by atomic mass is 19.1. The van der Waals surface area contributed by atoms with Crippen molar-refractivity contribution in [2.24, 2.45) is 0 Å². The molecule has 104 valence electrons. The summed E-state index contributed by atoms with van der Waals surface area (Å²) in [7, 11) is 0. The maximum atomic E-state index is 13.4. The van der Waals surface area contributed by atoms with Gasteiger partial charge in [0.1, 0.15) is 18.2 Å². The van der Waals surface area contributed by atoms with Crippen LogP contribution >= 0.6 is 0 Å². The van der Waals surface area contributed by atoms with Crippen LogP contribution in [0.2, 0.25) is 0 Å². The van der Waals surface area contributed by atoms with Crippen LogP contribution in [0.3, 0.4) is 0 Å². The predicted octanol–water partition coefficient (Wildman–Crippen LogP) is 3.89. The van der Waals surface area contributed by atoms with Gasteiger partial charge in [-0.1, -0.05) is 31.7 Å². The van der Waals surface area contributed by atoms with E-state index in [9.17, 15) is 13.6 Å². The number of rotatable bonds is 4. The van der Waals surface area contributed by atoms with Crippen LogP contribution in [0.5, 0.6) is 0 Å². The fourth-order valence-corrected chi connectivity index (χ4v) is 2.44. The number of hydrogen-bond acceptors (Lipinski definition) is 2. The second kappa shape index (κ2) is 6.75. The lowest BCUT2D eigenvalue weighted by atomic mass is 10.1. The van der Waals surface area contributed by atoms with E-state index in [2.05, 4.69) is 0 Å². The van der Waals surface area contributed by atoms with Crippen molar-refractivity contribution in [2.75, 3.05) is 6.61 Å². The van der Waals surface area contributed by atoms with Gasteiger partial charge in [-0.05, 0) is 25.0 Å². The number of carbonyl (C=O) groups is 1. The summed E-state index contributed by atoms with van der Waals surface area (Å²) in [6.07, 6.45) is 6.45. The average Bonchev–Trinajstić information content (AvgIpc) is 2.64. The molecule has 1 aliphatic rings. The third kappa shape index (κ3) is 3.83. The molecule has 0 heterocycles. The highest BCUT2D eigenvalue weighted by Gasteiger charge is 2.19. The maximum absolute atomic E-state index is 13.4. The van der Waals surface area contributed by atoms with E-state index in [1.165, 1.54) is 18.9 Å². The summed E-state index contributed by atoms with van der Waals surface area (Å²) in [6.45, 7) is -0.248. The molecule has 1 fully saturated rings. The standard InChI is InChI=1S/C15H18F2O2/c16-12-8-5-9-13(17)15(12)14(18)10-19-11-6-3-1-2-4-7-11/h5,8-9,11H,1-4,6-7,10H2. The lowest BCUT2D eigenvalue weighted by molar-refractivity contribution is 0.0384. The average molecular weight is 268 g/mol. The molecule has 0 aromatic heterocycles. The molecule has 2 rings (SSSR count). The van der Waals surface area contributed by atoms with Crippen molar-refractivity contribution < 1.29 is 18.3 Å². The second-order valence-corrected chi connectivity index (χ2v) is 4.94. The molecule has 19 heavy (non-hydrogen) atoms. The Labute approximate surface area is 111 Å². The first-order chi connectivity index (χ1) is 9.18. The lowest BCUT2D eigenvalue weighted by Gasteiger charge is -2.14. The normalized spacial score (nSPS) is 17.2. The summed E-state index contributed by atoms with van der Waals surface area (Å²) in [4.78, 5) is 11.8. The molecule has 0 N–H and O–H groups in total. The molecule has 1 aromatic carbocycles. The number of ether oxygens (including phenoxy) is 1. The Morgan fingerprint density at radius 3 is 2.26 bits per heavy atom. The minimum absolute atomic E-state index is 0.0429. The number of hydrogen-bond donors (Lipinski definition) is 0. The van der Waals surface area contributed by atoms with E-state index in [4.69, 9.17) is 4.74 Å². The van der Waals surface area contributed by atoms with Gasteiger partial charge >= 0.3 is 0 Å². The van der Waals surface area contributed by atoms with Crippen molar-refractivity contribution in [1.82, 2.24) is 0 Å². The third-order valence-corrected chi connectivity index (χ3v) is 3.49. The second-order valence-electron chi connectivity index (χ2n) is 4.94. The first-order valence-corrected chi connectivity index (χ1v) is 6.77. The summed E-state index contributed by atoms with van der Waals surface area (Å²) in [6, 6.07) is 3.41. The highest BCUT2D eigenvalue weighted by molar-refractivity contribution is 5.97. The zero-order valence-corrected chi connectivity index (χ0v) is 10.8. The molecule has 0 amide bonds. The number of halogens is 2. The molecule has 0 atom stereocenters. The highest BCUT2D eigenvalue weighted by Crippen LogP contribution is 2.20. The minimum atomic E-state index is -0.825. The molecule has 1 saturated carbocycles. The summed E-state index contributed by atoms with van der Waals surface area (Å²) < 4.78 is 32.3. The van der Waals surface area contributed by atoms with Crippen LogP contribution < -0.4 is 0 Å². The van der Waals surface area contributed by atoms with E-state index in [0.29, 0.717) is 0 Å². The zero-order chi connectivity index (χ0) is 13.7. The van der Waals surface area contributed by atoms with E-state index in [1.54, 1.807) is 0 Å². The predicted molar refractivity (Wildman–Crippen MR) is 68.1 cm³/mol. The van der Waals surface area contributed by atoms with Gasteiger partial charge in [-0.25, -0.2) is 8.78 Å². The van der Waals surface area contributed by atoms with Crippen LogP contribution in [0.15, 0.2) is 18.2 Å². The molecule has 4 heteroatoms. The van der Waals surface area contributed by atoms with Gasteiger partial charge in [0, 0.05) is 0 Å². The number of benzene rings is 1. The van der Waals surface area contributed by atoms with Crippen molar-refractivity contribution in [1.29, 1.82) is 0 Å². The van der Waals surface area contributed by atoms with Gasteiger partial charge in [-0.15, -0.1) is 0 Å². The van der Waals surface area contributed by atoms with E-state index < -0.39 is 23.0 Å². The van der Waals surface area contributed by atoms with E-state index in [-0.39, 0.29) is 12.7 Å². The van der Waals surface area contributed by atoms with Gasteiger partial charge in [0.05, 0.1) is 11.7 Å². The van der Waals surface area contributed by atoms with Crippen LogP contribution in [0.25, 0.3) is 0 Å². The van der Waals surface area contributed by atoms with Gasteiger partial charge in [-0.2, -0.15) is 0 Å². The maximum Gasteiger partial charge on any atom is 0.194 e. The fourth-order valence-electron chi connectivity index (χ4n) is 2.44. The molecule has 0 bridgehead atoms. The Hall–Kier alpha value is -1.29. The van der Waals surface area contributed by atoms with Gasteiger partial charge in [-0.3, -0.25) is 4.79 Å². The molecule has 0 unspecified atom stereocenters. The number of ketones is 1. The lowest BCUT2D eigenvalue weighted by Crippen LogP contribution is -2.19. The third-order valence-electron chi connectivity index (χ3n) is 3.49. The van der Waals surface area contributed by atoms with Gasteiger partial charge in [0.2, 0.25) is 0 Å². The topological polar surface area (TPSA) is 26.3 Å². The summed E-state index contributed by atoms with van der Waals surface area (Å²) >= 11 is 0. The molecule has 2 nitrogen and oxygen atoms in total. The van der Waals surface area contributed by atoms with E-state index >= 15 is 0 Å². The fraction of sp³-hybridized carbons (Fsp3) is 0.533. The van der Waals surface area contributed by atoms with Gasteiger partial charge in [0.15, 0.2) is 5.78 Å². The van der Waals surface area contributed by atoms with Crippen LogP contribution in [-0.4, -0.2) is 18.5 Å².